The molecule has 0 aromatic heterocycles. The zero-order chi connectivity index (χ0) is 29.8. The van der Waals surface area contributed by atoms with Crippen LogP contribution < -0.4 is 0 Å². The Hall–Kier alpha value is -0.790. The SMILES string of the molecule is CCCCCCCCCCCCC(=O)O[C@H]1CC[C@@]2(C)C(=CC[C@H]3[C@H]4CC[C@@H](CCCCCCCC)[C@@]4(C)CC[C@H]32)C1. The fraction of sp³-hybridized carbons (Fsp3) is 0.925. The summed E-state index contributed by atoms with van der Waals surface area (Å²) in [5, 5.41) is 0. The summed E-state index contributed by atoms with van der Waals surface area (Å²) in [6.07, 6.45) is 37.0. The van der Waals surface area contributed by atoms with Gasteiger partial charge in [-0.2, -0.15) is 0 Å². The molecule has 3 saturated carbocycles. The first-order chi connectivity index (χ1) is 20.4. The zero-order valence-corrected chi connectivity index (χ0v) is 28.7. The number of ether oxygens (including phenoxy) is 1. The van der Waals surface area contributed by atoms with E-state index in [1.807, 2.05) is 0 Å². The summed E-state index contributed by atoms with van der Waals surface area (Å²) in [5.41, 5.74) is 2.59. The molecule has 0 radical (unpaired) electrons. The molecule has 3 fully saturated rings. The van der Waals surface area contributed by atoms with Crippen LogP contribution in [-0.4, -0.2) is 12.1 Å². The van der Waals surface area contributed by atoms with Gasteiger partial charge in [-0.3, -0.25) is 4.79 Å². The molecule has 4 aliphatic rings. The van der Waals surface area contributed by atoms with Crippen molar-refractivity contribution in [2.24, 2.45) is 34.5 Å². The Morgan fingerprint density at radius 2 is 1.36 bits per heavy atom. The molecule has 2 heteroatoms. The van der Waals surface area contributed by atoms with Crippen LogP contribution in [0.1, 0.15) is 195 Å². The summed E-state index contributed by atoms with van der Waals surface area (Å²) in [4.78, 5) is 12.7. The Kier molecular flexibility index (Phi) is 13.8. The number of rotatable bonds is 19. The van der Waals surface area contributed by atoms with Gasteiger partial charge in [-0.15, -0.1) is 0 Å². The van der Waals surface area contributed by atoms with Crippen molar-refractivity contribution in [1.82, 2.24) is 0 Å². The summed E-state index contributed by atoms with van der Waals surface area (Å²) < 4.78 is 6.09. The molecule has 242 valence electrons. The van der Waals surface area contributed by atoms with E-state index in [0.717, 1.165) is 42.9 Å². The maximum absolute atomic E-state index is 12.7. The number of carbonyl (C=O) groups excluding carboxylic acids is 1. The van der Waals surface area contributed by atoms with Gasteiger partial charge in [-0.05, 0) is 92.3 Å². The summed E-state index contributed by atoms with van der Waals surface area (Å²) in [6, 6.07) is 0. The van der Waals surface area contributed by atoms with Gasteiger partial charge in [0.15, 0.2) is 0 Å². The van der Waals surface area contributed by atoms with E-state index in [2.05, 4.69) is 33.8 Å². The van der Waals surface area contributed by atoms with Crippen LogP contribution in [0, 0.1) is 34.5 Å². The molecular formula is C40H70O2. The molecule has 4 aliphatic carbocycles. The second-order valence-electron chi connectivity index (χ2n) is 15.9. The minimum absolute atomic E-state index is 0.0632. The molecule has 0 spiro atoms. The first-order valence-corrected chi connectivity index (χ1v) is 19.3. The standard InChI is InChI=1S/C40H70O2/c1-5-7-9-11-13-14-15-16-18-20-22-38(41)42-34-27-29-40(4)33(31-34)23-25-35-36-26-24-32(21-19-17-12-10-8-6-2)39(36,3)30-28-37(35)40/h23,32,34-37H,5-22,24-31H2,1-4H3/t32-,34+,35+,36-,37-,39-,40+/m1/s1. The van der Waals surface area contributed by atoms with Gasteiger partial charge in [0, 0.05) is 12.8 Å². The van der Waals surface area contributed by atoms with Crippen molar-refractivity contribution in [3.8, 4) is 0 Å². The van der Waals surface area contributed by atoms with Crippen molar-refractivity contribution in [1.29, 1.82) is 0 Å². The molecule has 7 atom stereocenters. The van der Waals surface area contributed by atoms with Crippen molar-refractivity contribution in [3.63, 3.8) is 0 Å². The Bertz CT molecular complexity index is 829. The average Bonchev–Trinajstić information content (AvgIpc) is 3.32. The summed E-state index contributed by atoms with van der Waals surface area (Å²) >= 11 is 0. The Morgan fingerprint density at radius 1 is 0.738 bits per heavy atom. The van der Waals surface area contributed by atoms with E-state index >= 15 is 0 Å². The van der Waals surface area contributed by atoms with Crippen molar-refractivity contribution in [2.45, 2.75) is 201 Å². The van der Waals surface area contributed by atoms with E-state index in [-0.39, 0.29) is 12.1 Å². The van der Waals surface area contributed by atoms with Crippen molar-refractivity contribution in [2.75, 3.05) is 0 Å². The van der Waals surface area contributed by atoms with E-state index < -0.39 is 0 Å². The average molecular weight is 583 g/mol. The number of carbonyl (C=O) groups is 1. The van der Waals surface area contributed by atoms with Gasteiger partial charge in [0.05, 0.1) is 0 Å². The minimum Gasteiger partial charge on any atom is -0.462 e. The van der Waals surface area contributed by atoms with Crippen LogP contribution in [-0.2, 0) is 9.53 Å². The number of allylic oxidation sites excluding steroid dienone is 1. The highest BCUT2D eigenvalue weighted by Crippen LogP contribution is 2.66. The highest BCUT2D eigenvalue weighted by molar-refractivity contribution is 5.69. The minimum atomic E-state index is 0.0632. The molecule has 0 unspecified atom stereocenters. The second-order valence-corrected chi connectivity index (χ2v) is 15.9. The lowest BCUT2D eigenvalue weighted by Crippen LogP contribution is -2.50. The number of fused-ring (bicyclic) bond motifs is 5. The molecular weight excluding hydrogens is 512 g/mol. The molecule has 0 N–H and O–H groups in total. The molecule has 0 aromatic carbocycles. The third kappa shape index (κ3) is 8.68. The van der Waals surface area contributed by atoms with Gasteiger partial charge in [0.25, 0.3) is 0 Å². The summed E-state index contributed by atoms with van der Waals surface area (Å²) in [5.74, 6) is 3.72. The number of hydrogen-bond donors (Lipinski definition) is 0. The van der Waals surface area contributed by atoms with E-state index in [9.17, 15) is 4.79 Å². The van der Waals surface area contributed by atoms with E-state index in [0.29, 0.717) is 17.3 Å². The normalized spacial score (nSPS) is 33.9. The molecule has 2 nitrogen and oxygen atoms in total. The van der Waals surface area contributed by atoms with Gasteiger partial charge in [0.1, 0.15) is 6.10 Å². The van der Waals surface area contributed by atoms with E-state index in [1.54, 1.807) is 5.57 Å². The van der Waals surface area contributed by atoms with Crippen molar-refractivity contribution >= 4 is 5.97 Å². The number of unbranched alkanes of at least 4 members (excludes halogenated alkanes) is 14. The van der Waals surface area contributed by atoms with E-state index in [1.165, 1.54) is 141 Å². The maximum Gasteiger partial charge on any atom is 0.306 e. The van der Waals surface area contributed by atoms with Crippen LogP contribution in [0.3, 0.4) is 0 Å². The van der Waals surface area contributed by atoms with Crippen LogP contribution in [0.4, 0.5) is 0 Å². The zero-order valence-electron chi connectivity index (χ0n) is 28.7. The lowest BCUT2D eigenvalue weighted by Gasteiger charge is -2.58. The summed E-state index contributed by atoms with van der Waals surface area (Å²) in [7, 11) is 0. The van der Waals surface area contributed by atoms with Gasteiger partial charge in [-0.25, -0.2) is 0 Å². The van der Waals surface area contributed by atoms with Crippen LogP contribution in [0.2, 0.25) is 0 Å². The third-order valence-corrected chi connectivity index (χ3v) is 13.2. The third-order valence-electron chi connectivity index (χ3n) is 13.2. The molecule has 0 aromatic rings. The molecule has 0 heterocycles. The van der Waals surface area contributed by atoms with Gasteiger partial charge < -0.3 is 4.74 Å². The first kappa shape index (κ1) is 34.1. The number of hydrogen-bond acceptors (Lipinski definition) is 2. The number of esters is 1. The first-order valence-electron chi connectivity index (χ1n) is 19.3. The Balaban J connectivity index is 1.18. The highest BCUT2D eigenvalue weighted by Gasteiger charge is 2.58. The quantitative estimate of drug-likeness (QED) is 0.0860. The van der Waals surface area contributed by atoms with Gasteiger partial charge in [0.2, 0.25) is 0 Å². The Labute approximate surface area is 262 Å². The lowest BCUT2D eigenvalue weighted by atomic mass is 9.47. The van der Waals surface area contributed by atoms with Gasteiger partial charge in [-0.1, -0.05) is 136 Å². The topological polar surface area (TPSA) is 26.3 Å². The fourth-order valence-corrected chi connectivity index (χ4v) is 10.5. The predicted molar refractivity (Wildman–Crippen MR) is 180 cm³/mol. The van der Waals surface area contributed by atoms with Crippen LogP contribution >= 0.6 is 0 Å². The van der Waals surface area contributed by atoms with Crippen LogP contribution in [0.15, 0.2) is 11.6 Å². The summed E-state index contributed by atoms with van der Waals surface area (Å²) in [6.45, 7) is 9.91. The fourth-order valence-electron chi connectivity index (χ4n) is 10.5. The predicted octanol–water partition coefficient (Wildman–Crippen LogP) is 12.5. The van der Waals surface area contributed by atoms with Gasteiger partial charge >= 0.3 is 5.97 Å². The van der Waals surface area contributed by atoms with Crippen LogP contribution in [0.5, 0.6) is 0 Å². The Morgan fingerprint density at radius 3 is 2.02 bits per heavy atom. The van der Waals surface area contributed by atoms with Crippen molar-refractivity contribution in [3.05, 3.63) is 11.6 Å². The smallest absolute Gasteiger partial charge is 0.306 e. The maximum atomic E-state index is 12.7. The molecule has 42 heavy (non-hydrogen) atoms. The largest absolute Gasteiger partial charge is 0.462 e. The van der Waals surface area contributed by atoms with E-state index in [4.69, 9.17) is 4.74 Å². The molecule has 4 rings (SSSR count). The monoisotopic (exact) mass is 583 g/mol. The molecule has 0 amide bonds. The van der Waals surface area contributed by atoms with Crippen LogP contribution in [0.25, 0.3) is 0 Å². The molecule has 0 saturated heterocycles. The molecule has 0 bridgehead atoms. The second kappa shape index (κ2) is 17.1. The van der Waals surface area contributed by atoms with Crippen molar-refractivity contribution < 1.29 is 9.53 Å². The highest BCUT2D eigenvalue weighted by atomic mass is 16.5. The molecule has 0 aliphatic heterocycles. The lowest BCUT2D eigenvalue weighted by molar-refractivity contribution is -0.151.